The number of esters is 2. The molecule has 1 saturated carbocycles. The number of hydrogen-bond acceptors (Lipinski definition) is 6. The van der Waals surface area contributed by atoms with E-state index in [2.05, 4.69) is 9.47 Å². The van der Waals surface area contributed by atoms with E-state index in [1.165, 1.54) is 0 Å². The number of carbonyl (C=O) groups excluding carboxylic acids is 4. The normalized spacial score (nSPS) is 27.0. The molecule has 0 radical (unpaired) electrons. The van der Waals surface area contributed by atoms with Crippen molar-refractivity contribution >= 4 is 24.9 Å². The van der Waals surface area contributed by atoms with Gasteiger partial charge in [-0.3, -0.25) is 19.2 Å². The summed E-state index contributed by atoms with van der Waals surface area (Å²) in [7, 11) is 0. The average molecular weight is 228 g/mol. The van der Waals surface area contributed by atoms with Crippen LogP contribution in [0.3, 0.4) is 0 Å². The molecular formula is C10H12O6. The molecule has 0 N–H and O–H groups in total. The first-order valence-electron chi connectivity index (χ1n) is 4.99. The van der Waals surface area contributed by atoms with Crippen LogP contribution in [0, 0.1) is 11.8 Å². The third kappa shape index (κ3) is 2.88. The molecule has 2 unspecified atom stereocenters. The largest absolute Gasteiger partial charge is 0.398 e. The summed E-state index contributed by atoms with van der Waals surface area (Å²) in [6.07, 6.45) is 3.80. The van der Waals surface area contributed by atoms with Gasteiger partial charge in [-0.05, 0) is 12.8 Å². The number of hydrogen-bond donors (Lipinski definition) is 0. The molecule has 1 saturated heterocycles. The summed E-state index contributed by atoms with van der Waals surface area (Å²) in [5.41, 5.74) is 0. The van der Waals surface area contributed by atoms with Crippen LogP contribution in [-0.4, -0.2) is 24.9 Å². The molecule has 2 aliphatic rings. The van der Waals surface area contributed by atoms with Crippen LogP contribution >= 0.6 is 0 Å². The fourth-order valence-electron chi connectivity index (χ4n) is 1.97. The van der Waals surface area contributed by atoms with E-state index in [1.54, 1.807) is 0 Å². The first-order chi connectivity index (χ1) is 7.70. The molecule has 0 aromatic heterocycles. The molecule has 1 aliphatic carbocycles. The van der Waals surface area contributed by atoms with Crippen molar-refractivity contribution in [2.24, 2.45) is 11.8 Å². The van der Waals surface area contributed by atoms with Crippen LogP contribution in [0.4, 0.5) is 0 Å². The van der Waals surface area contributed by atoms with Crippen molar-refractivity contribution in [2.75, 3.05) is 0 Å². The van der Waals surface area contributed by atoms with E-state index < -0.39 is 0 Å². The highest BCUT2D eigenvalue weighted by molar-refractivity contribution is 5.96. The molecule has 0 aromatic rings. The number of cyclic esters (lactones) is 2. The Labute approximate surface area is 91.9 Å². The van der Waals surface area contributed by atoms with Crippen molar-refractivity contribution in [1.29, 1.82) is 0 Å². The summed E-state index contributed by atoms with van der Waals surface area (Å²) in [6, 6.07) is 0. The van der Waals surface area contributed by atoms with Crippen LogP contribution in [0.15, 0.2) is 0 Å². The van der Waals surface area contributed by atoms with Gasteiger partial charge in [-0.15, -0.1) is 0 Å². The van der Waals surface area contributed by atoms with Gasteiger partial charge in [0.25, 0.3) is 0 Å². The molecule has 1 aliphatic heterocycles. The summed E-state index contributed by atoms with van der Waals surface area (Å²) in [5, 5.41) is 0. The Bertz CT molecular complexity index is 270. The number of rotatable bonds is 2. The molecular weight excluding hydrogens is 216 g/mol. The minimum absolute atomic E-state index is 0.0625. The first-order valence-corrected chi connectivity index (χ1v) is 4.99. The van der Waals surface area contributed by atoms with E-state index in [1.807, 2.05) is 0 Å². The molecule has 2 atom stereocenters. The van der Waals surface area contributed by atoms with Crippen molar-refractivity contribution < 1.29 is 28.7 Å². The Morgan fingerprint density at radius 3 is 1.75 bits per heavy atom. The molecule has 2 rings (SSSR count). The van der Waals surface area contributed by atoms with Crippen molar-refractivity contribution in [1.82, 2.24) is 0 Å². The van der Waals surface area contributed by atoms with E-state index in [4.69, 9.17) is 9.59 Å². The van der Waals surface area contributed by atoms with Crippen molar-refractivity contribution in [3.8, 4) is 0 Å². The SMILES string of the molecule is O=C1OC(=O)C2CCCCC12.O=COC=O. The second-order valence-electron chi connectivity index (χ2n) is 3.57. The van der Waals surface area contributed by atoms with Crippen LogP contribution in [0.25, 0.3) is 0 Å². The van der Waals surface area contributed by atoms with Crippen LogP contribution in [0.1, 0.15) is 25.7 Å². The summed E-state index contributed by atoms with van der Waals surface area (Å²) >= 11 is 0. The van der Waals surface area contributed by atoms with E-state index in [0.717, 1.165) is 25.7 Å². The maximum atomic E-state index is 11.0. The van der Waals surface area contributed by atoms with Crippen molar-refractivity contribution in [2.45, 2.75) is 25.7 Å². The topological polar surface area (TPSA) is 86.7 Å². The Hall–Kier alpha value is -1.72. The van der Waals surface area contributed by atoms with Gasteiger partial charge in [0, 0.05) is 0 Å². The predicted octanol–water partition coefficient (Wildman–Crippen LogP) is 0.192. The maximum absolute atomic E-state index is 11.0. The molecule has 0 spiro atoms. The molecule has 0 aromatic carbocycles. The van der Waals surface area contributed by atoms with Gasteiger partial charge < -0.3 is 9.47 Å². The van der Waals surface area contributed by atoms with Gasteiger partial charge in [0.1, 0.15) is 0 Å². The van der Waals surface area contributed by atoms with Gasteiger partial charge in [0.15, 0.2) is 0 Å². The van der Waals surface area contributed by atoms with E-state index in [-0.39, 0.29) is 36.7 Å². The maximum Gasteiger partial charge on any atom is 0.317 e. The summed E-state index contributed by atoms with van der Waals surface area (Å²) in [6.45, 7) is 0.125. The van der Waals surface area contributed by atoms with Gasteiger partial charge in [-0.1, -0.05) is 12.8 Å². The van der Waals surface area contributed by atoms with Gasteiger partial charge in [0.05, 0.1) is 11.8 Å². The lowest BCUT2D eigenvalue weighted by molar-refractivity contribution is -0.154. The second kappa shape index (κ2) is 5.99. The third-order valence-corrected chi connectivity index (χ3v) is 2.68. The van der Waals surface area contributed by atoms with Crippen LogP contribution < -0.4 is 0 Å². The highest BCUT2D eigenvalue weighted by Crippen LogP contribution is 2.36. The summed E-state index contributed by atoms with van der Waals surface area (Å²) in [5.74, 6) is -0.785. The quantitative estimate of drug-likeness (QED) is 0.381. The zero-order valence-electron chi connectivity index (χ0n) is 8.59. The minimum Gasteiger partial charge on any atom is -0.398 e. The Kier molecular flexibility index (Phi) is 4.63. The smallest absolute Gasteiger partial charge is 0.317 e. The van der Waals surface area contributed by atoms with Crippen LogP contribution in [0.2, 0.25) is 0 Å². The molecule has 6 heteroatoms. The summed E-state index contributed by atoms with van der Waals surface area (Å²) < 4.78 is 8.00. The van der Waals surface area contributed by atoms with Gasteiger partial charge in [-0.25, -0.2) is 0 Å². The lowest BCUT2D eigenvalue weighted by atomic mass is 9.81. The molecule has 88 valence electrons. The molecule has 6 nitrogen and oxygen atoms in total. The highest BCUT2D eigenvalue weighted by atomic mass is 16.6. The van der Waals surface area contributed by atoms with Crippen molar-refractivity contribution in [3.63, 3.8) is 0 Å². The van der Waals surface area contributed by atoms with Gasteiger partial charge in [-0.2, -0.15) is 0 Å². The van der Waals surface area contributed by atoms with Gasteiger partial charge in [0.2, 0.25) is 0 Å². The standard InChI is InChI=1S/C8H10O3.C2H2O3/c9-7-5-3-1-2-4-6(5)8(10)11-7;3-1-5-2-4/h5-6H,1-4H2;1-2H. The molecule has 0 bridgehead atoms. The average Bonchev–Trinajstić information content (AvgIpc) is 2.58. The molecule has 1 heterocycles. The second-order valence-corrected chi connectivity index (χ2v) is 3.57. The monoisotopic (exact) mass is 228 g/mol. The van der Waals surface area contributed by atoms with E-state index in [0.29, 0.717) is 0 Å². The fourth-order valence-corrected chi connectivity index (χ4v) is 1.97. The molecule has 0 amide bonds. The molecule has 2 fully saturated rings. The Morgan fingerprint density at radius 2 is 1.44 bits per heavy atom. The fraction of sp³-hybridized carbons (Fsp3) is 0.600. The lowest BCUT2D eigenvalue weighted by Gasteiger charge is -2.18. The number of carbonyl (C=O) groups is 4. The number of ether oxygens (including phenoxy) is 2. The van der Waals surface area contributed by atoms with E-state index >= 15 is 0 Å². The first kappa shape index (κ1) is 12.4. The van der Waals surface area contributed by atoms with Crippen LogP contribution in [0.5, 0.6) is 0 Å². The zero-order chi connectivity index (χ0) is 12.0. The predicted molar refractivity (Wildman–Crippen MR) is 49.8 cm³/mol. The van der Waals surface area contributed by atoms with Gasteiger partial charge >= 0.3 is 24.9 Å². The van der Waals surface area contributed by atoms with Crippen LogP contribution in [-0.2, 0) is 28.7 Å². The highest BCUT2D eigenvalue weighted by Gasteiger charge is 2.44. The minimum atomic E-state index is -0.292. The lowest BCUT2D eigenvalue weighted by Crippen LogP contribution is -2.21. The Morgan fingerprint density at radius 1 is 1.00 bits per heavy atom. The zero-order valence-corrected chi connectivity index (χ0v) is 8.59. The van der Waals surface area contributed by atoms with Crippen molar-refractivity contribution in [3.05, 3.63) is 0 Å². The number of fused-ring (bicyclic) bond motifs is 1. The third-order valence-electron chi connectivity index (χ3n) is 2.68. The summed E-state index contributed by atoms with van der Waals surface area (Å²) in [4.78, 5) is 39.9. The molecule has 16 heavy (non-hydrogen) atoms. The Balaban J connectivity index is 0.000000221. The van der Waals surface area contributed by atoms with E-state index in [9.17, 15) is 9.59 Å².